The number of nitrogens with zero attached hydrogens (tertiary/aromatic N) is 1. The van der Waals surface area contributed by atoms with Gasteiger partial charge in [-0.2, -0.15) is 0 Å². The lowest BCUT2D eigenvalue weighted by atomic mass is 9.88. The number of aryl methyl sites for hydroxylation is 1. The van der Waals surface area contributed by atoms with Gasteiger partial charge in [-0.05, 0) is 48.6 Å². The molecule has 1 aliphatic heterocycles. The molecule has 1 unspecified atom stereocenters. The van der Waals surface area contributed by atoms with Crippen molar-refractivity contribution < 1.29 is 9.53 Å². The summed E-state index contributed by atoms with van der Waals surface area (Å²) in [6.45, 7) is 4.32. The Hall–Kier alpha value is -2.29. The van der Waals surface area contributed by atoms with Crippen LogP contribution in [0.2, 0.25) is 0 Å². The molecule has 0 aromatic heterocycles. The average molecular weight is 309 g/mol. The fraction of sp³-hybridized carbons (Fsp3) is 0.350. The lowest BCUT2D eigenvalue weighted by molar-refractivity contribution is -0.141. The van der Waals surface area contributed by atoms with Gasteiger partial charge in [0.2, 0.25) is 0 Å². The average Bonchev–Trinajstić information content (AvgIpc) is 3.12. The fourth-order valence-corrected chi connectivity index (χ4v) is 3.36. The third kappa shape index (κ3) is 3.24. The summed E-state index contributed by atoms with van der Waals surface area (Å²) in [7, 11) is 1.45. The number of carbonyl (C=O) groups is 1. The Bertz CT molecular complexity index is 675. The first kappa shape index (κ1) is 15.6. The third-order valence-electron chi connectivity index (χ3n) is 4.61. The monoisotopic (exact) mass is 309 g/mol. The van der Waals surface area contributed by atoms with E-state index in [0.29, 0.717) is 0 Å². The zero-order chi connectivity index (χ0) is 16.2. The highest BCUT2D eigenvalue weighted by atomic mass is 16.5. The molecule has 0 spiro atoms. The van der Waals surface area contributed by atoms with E-state index in [0.717, 1.165) is 29.8 Å². The van der Waals surface area contributed by atoms with Gasteiger partial charge >= 0.3 is 5.97 Å². The van der Waals surface area contributed by atoms with Crippen molar-refractivity contribution in [1.82, 2.24) is 0 Å². The van der Waals surface area contributed by atoms with Crippen molar-refractivity contribution in [1.29, 1.82) is 0 Å². The number of hydrogen-bond acceptors (Lipinski definition) is 3. The summed E-state index contributed by atoms with van der Waals surface area (Å²) < 4.78 is 5.06. The van der Waals surface area contributed by atoms with Crippen LogP contribution in [0.25, 0.3) is 0 Å². The summed E-state index contributed by atoms with van der Waals surface area (Å²) >= 11 is 0. The van der Waals surface area contributed by atoms with Gasteiger partial charge in [0.1, 0.15) is 5.92 Å². The van der Waals surface area contributed by atoms with E-state index in [1.165, 1.54) is 25.6 Å². The minimum absolute atomic E-state index is 0.215. The molecule has 120 valence electrons. The normalized spacial score (nSPS) is 15.5. The van der Waals surface area contributed by atoms with Crippen molar-refractivity contribution in [2.45, 2.75) is 25.7 Å². The summed E-state index contributed by atoms with van der Waals surface area (Å²) in [6, 6.07) is 16.2. The molecule has 0 radical (unpaired) electrons. The standard InChI is InChI=1S/C20H23NO2/c1-15-14-17(21-12-6-7-13-21)10-11-18(15)19(20(22)23-2)16-8-4-3-5-9-16/h3-5,8-11,14,19H,6-7,12-13H2,1-2H3. The number of anilines is 1. The molecule has 1 saturated heterocycles. The first-order valence-corrected chi connectivity index (χ1v) is 8.19. The summed E-state index contributed by atoms with van der Waals surface area (Å²) in [5, 5.41) is 0. The number of esters is 1. The van der Waals surface area contributed by atoms with Gasteiger partial charge in [-0.25, -0.2) is 0 Å². The van der Waals surface area contributed by atoms with Crippen LogP contribution >= 0.6 is 0 Å². The van der Waals surface area contributed by atoms with Crippen molar-refractivity contribution >= 4 is 11.7 Å². The van der Waals surface area contributed by atoms with Crippen LogP contribution in [0.3, 0.4) is 0 Å². The Morgan fingerprint density at radius 2 is 1.78 bits per heavy atom. The number of methoxy groups -OCH3 is 1. The highest BCUT2D eigenvalue weighted by Gasteiger charge is 2.25. The van der Waals surface area contributed by atoms with Gasteiger partial charge in [-0.3, -0.25) is 4.79 Å². The second-order valence-electron chi connectivity index (χ2n) is 6.10. The Labute approximate surface area is 137 Å². The van der Waals surface area contributed by atoms with Crippen LogP contribution in [0.1, 0.15) is 35.4 Å². The maximum atomic E-state index is 12.4. The van der Waals surface area contributed by atoms with Gasteiger partial charge in [0.15, 0.2) is 0 Å². The second kappa shape index (κ2) is 6.86. The summed E-state index contributed by atoms with van der Waals surface area (Å²) in [5.74, 6) is -0.581. The SMILES string of the molecule is COC(=O)C(c1ccccc1)c1ccc(N2CCCC2)cc1C. The Morgan fingerprint density at radius 1 is 1.09 bits per heavy atom. The number of hydrogen-bond donors (Lipinski definition) is 0. The van der Waals surface area contributed by atoms with E-state index < -0.39 is 0 Å². The molecule has 0 saturated carbocycles. The van der Waals surface area contributed by atoms with Crippen molar-refractivity contribution in [2.24, 2.45) is 0 Å². The van der Waals surface area contributed by atoms with E-state index in [-0.39, 0.29) is 11.9 Å². The van der Waals surface area contributed by atoms with Crippen molar-refractivity contribution in [3.63, 3.8) is 0 Å². The van der Waals surface area contributed by atoms with Crippen LogP contribution in [-0.2, 0) is 9.53 Å². The molecule has 23 heavy (non-hydrogen) atoms. The zero-order valence-corrected chi connectivity index (χ0v) is 13.8. The molecule has 1 aliphatic rings. The van der Waals surface area contributed by atoms with Crippen LogP contribution < -0.4 is 4.90 Å². The predicted octanol–water partition coefficient (Wildman–Crippen LogP) is 3.90. The van der Waals surface area contributed by atoms with E-state index in [2.05, 4.69) is 30.0 Å². The fourth-order valence-electron chi connectivity index (χ4n) is 3.36. The largest absolute Gasteiger partial charge is 0.468 e. The highest BCUT2D eigenvalue weighted by molar-refractivity contribution is 5.83. The van der Waals surface area contributed by atoms with Crippen LogP contribution in [0, 0.1) is 6.92 Å². The van der Waals surface area contributed by atoms with E-state index in [1.807, 2.05) is 30.3 Å². The van der Waals surface area contributed by atoms with E-state index in [4.69, 9.17) is 4.74 Å². The van der Waals surface area contributed by atoms with Crippen LogP contribution in [0.5, 0.6) is 0 Å². The maximum absolute atomic E-state index is 12.4. The Morgan fingerprint density at radius 3 is 2.39 bits per heavy atom. The Balaban J connectivity index is 1.98. The van der Waals surface area contributed by atoms with Gasteiger partial charge in [-0.1, -0.05) is 36.4 Å². The van der Waals surface area contributed by atoms with Crippen molar-refractivity contribution in [3.8, 4) is 0 Å². The number of carbonyl (C=O) groups excluding carboxylic acids is 1. The van der Waals surface area contributed by atoms with Crippen LogP contribution in [-0.4, -0.2) is 26.2 Å². The zero-order valence-electron chi connectivity index (χ0n) is 13.8. The quantitative estimate of drug-likeness (QED) is 0.802. The molecular weight excluding hydrogens is 286 g/mol. The number of ether oxygens (including phenoxy) is 1. The second-order valence-corrected chi connectivity index (χ2v) is 6.10. The predicted molar refractivity (Wildman–Crippen MR) is 92.9 cm³/mol. The number of rotatable bonds is 4. The number of benzene rings is 2. The summed E-state index contributed by atoms with van der Waals surface area (Å²) in [6.07, 6.45) is 2.52. The van der Waals surface area contributed by atoms with Gasteiger partial charge in [0.05, 0.1) is 7.11 Å². The van der Waals surface area contributed by atoms with Crippen LogP contribution in [0.4, 0.5) is 5.69 Å². The molecule has 0 bridgehead atoms. The molecule has 1 atom stereocenters. The summed E-state index contributed by atoms with van der Waals surface area (Å²) in [4.78, 5) is 14.8. The molecule has 1 fully saturated rings. The van der Waals surface area contributed by atoms with Gasteiger partial charge in [0.25, 0.3) is 0 Å². The smallest absolute Gasteiger partial charge is 0.317 e. The molecule has 3 heteroatoms. The van der Waals surface area contributed by atoms with Crippen molar-refractivity contribution in [2.75, 3.05) is 25.1 Å². The van der Waals surface area contributed by atoms with E-state index in [9.17, 15) is 4.79 Å². The molecule has 1 heterocycles. The molecule has 0 amide bonds. The molecule has 3 rings (SSSR count). The first-order chi connectivity index (χ1) is 11.2. The van der Waals surface area contributed by atoms with Crippen molar-refractivity contribution in [3.05, 3.63) is 65.2 Å². The molecule has 3 nitrogen and oxygen atoms in total. The van der Waals surface area contributed by atoms with E-state index in [1.54, 1.807) is 0 Å². The lowest BCUT2D eigenvalue weighted by Gasteiger charge is -2.22. The molecular formula is C20H23NO2. The first-order valence-electron chi connectivity index (χ1n) is 8.19. The molecule has 2 aromatic rings. The minimum Gasteiger partial charge on any atom is -0.468 e. The lowest BCUT2D eigenvalue weighted by Crippen LogP contribution is -2.19. The molecule has 2 aromatic carbocycles. The summed E-state index contributed by atoms with van der Waals surface area (Å²) in [5.41, 5.74) is 4.37. The highest BCUT2D eigenvalue weighted by Crippen LogP contribution is 2.31. The van der Waals surface area contributed by atoms with Crippen LogP contribution in [0.15, 0.2) is 48.5 Å². The topological polar surface area (TPSA) is 29.5 Å². The van der Waals surface area contributed by atoms with Gasteiger partial charge < -0.3 is 9.64 Å². The molecule has 0 N–H and O–H groups in total. The Kier molecular flexibility index (Phi) is 4.65. The van der Waals surface area contributed by atoms with Gasteiger partial charge in [0, 0.05) is 18.8 Å². The minimum atomic E-state index is -0.367. The maximum Gasteiger partial charge on any atom is 0.317 e. The van der Waals surface area contributed by atoms with Gasteiger partial charge in [-0.15, -0.1) is 0 Å². The molecule has 0 aliphatic carbocycles. The third-order valence-corrected chi connectivity index (χ3v) is 4.61. The van der Waals surface area contributed by atoms with E-state index >= 15 is 0 Å².